The zero-order valence-corrected chi connectivity index (χ0v) is 10.5. The van der Waals surface area contributed by atoms with Crippen LogP contribution in [0.15, 0.2) is 16.5 Å². The first kappa shape index (κ1) is 13.6. The van der Waals surface area contributed by atoms with Crippen LogP contribution >= 0.6 is 0 Å². The molecule has 0 spiro atoms. The van der Waals surface area contributed by atoms with Gasteiger partial charge in [0.15, 0.2) is 0 Å². The first-order valence-corrected chi connectivity index (χ1v) is 5.96. The van der Waals surface area contributed by atoms with Crippen molar-refractivity contribution in [1.29, 1.82) is 0 Å². The third-order valence-electron chi connectivity index (χ3n) is 3.25. The van der Waals surface area contributed by atoms with E-state index < -0.39 is 17.9 Å². The molecule has 19 heavy (non-hydrogen) atoms. The van der Waals surface area contributed by atoms with Crippen molar-refractivity contribution in [1.82, 2.24) is 4.90 Å². The van der Waals surface area contributed by atoms with Crippen molar-refractivity contribution in [3.63, 3.8) is 0 Å². The van der Waals surface area contributed by atoms with Crippen LogP contribution in [0.25, 0.3) is 0 Å². The van der Waals surface area contributed by atoms with Crippen molar-refractivity contribution >= 4 is 11.9 Å². The fraction of sp³-hybridized carbons (Fsp3) is 0.500. The van der Waals surface area contributed by atoms with E-state index in [-0.39, 0.29) is 18.4 Å². The first-order chi connectivity index (χ1) is 9.00. The van der Waals surface area contributed by atoms with Gasteiger partial charge in [0.1, 0.15) is 11.8 Å². The van der Waals surface area contributed by atoms with Crippen molar-refractivity contribution in [2.45, 2.75) is 19.0 Å². The number of nitrogens with two attached hydrogens (primary N) is 1. The Morgan fingerprint density at radius 3 is 2.84 bits per heavy atom. The summed E-state index contributed by atoms with van der Waals surface area (Å²) >= 11 is 0. The summed E-state index contributed by atoms with van der Waals surface area (Å²) in [6.45, 7) is 3.12. The summed E-state index contributed by atoms with van der Waals surface area (Å²) < 4.78 is 10.5. The Morgan fingerprint density at radius 2 is 2.26 bits per heavy atom. The zero-order valence-electron chi connectivity index (χ0n) is 10.5. The molecule has 1 aliphatic heterocycles. The van der Waals surface area contributed by atoms with E-state index in [1.807, 2.05) is 11.8 Å². The molecule has 1 fully saturated rings. The van der Waals surface area contributed by atoms with Crippen molar-refractivity contribution in [2.24, 2.45) is 5.73 Å². The number of nitrogens with zero attached hydrogens (tertiary/aromatic N) is 1. The van der Waals surface area contributed by atoms with Crippen LogP contribution < -0.4 is 5.73 Å². The van der Waals surface area contributed by atoms with Crippen molar-refractivity contribution < 1.29 is 23.8 Å². The van der Waals surface area contributed by atoms with E-state index in [2.05, 4.69) is 0 Å². The summed E-state index contributed by atoms with van der Waals surface area (Å²) in [6, 6.07) is 2.23. The molecule has 7 nitrogen and oxygen atoms in total. The molecule has 2 atom stereocenters. The average molecular weight is 268 g/mol. The van der Waals surface area contributed by atoms with Gasteiger partial charge in [-0.2, -0.15) is 0 Å². The highest BCUT2D eigenvalue weighted by molar-refractivity contribution is 5.84. The molecule has 0 aliphatic carbocycles. The number of carbonyl (C=O) groups is 2. The quantitative estimate of drug-likeness (QED) is 0.809. The molecule has 1 saturated heterocycles. The SMILES string of the molecule is CC(c1ccc(C(=O)O)o1)N1CCOCC1C(N)=O. The Kier molecular flexibility index (Phi) is 3.87. The Morgan fingerprint density at radius 1 is 1.53 bits per heavy atom. The molecule has 2 heterocycles. The smallest absolute Gasteiger partial charge is 0.371 e. The third kappa shape index (κ3) is 2.77. The molecule has 1 aliphatic rings. The summed E-state index contributed by atoms with van der Waals surface area (Å²) in [7, 11) is 0. The van der Waals surface area contributed by atoms with Crippen LogP contribution in [0.3, 0.4) is 0 Å². The maximum absolute atomic E-state index is 11.4. The Bertz CT molecular complexity index is 484. The van der Waals surface area contributed by atoms with Gasteiger partial charge in [-0.25, -0.2) is 4.79 Å². The second-order valence-electron chi connectivity index (χ2n) is 4.41. The number of amides is 1. The summed E-state index contributed by atoms with van der Waals surface area (Å²) in [5.41, 5.74) is 5.34. The monoisotopic (exact) mass is 268 g/mol. The predicted molar refractivity (Wildman–Crippen MR) is 64.6 cm³/mol. The molecule has 1 aromatic heterocycles. The molecule has 1 amide bonds. The van der Waals surface area contributed by atoms with Crippen molar-refractivity contribution in [3.05, 3.63) is 23.7 Å². The highest BCUT2D eigenvalue weighted by atomic mass is 16.5. The zero-order chi connectivity index (χ0) is 14.0. The fourth-order valence-electron chi connectivity index (χ4n) is 2.18. The molecule has 0 aromatic carbocycles. The van der Waals surface area contributed by atoms with Crippen LogP contribution in [0.4, 0.5) is 0 Å². The number of primary amides is 1. The number of hydrogen-bond donors (Lipinski definition) is 2. The highest BCUT2D eigenvalue weighted by Crippen LogP contribution is 2.26. The number of ether oxygens (including phenoxy) is 1. The van der Waals surface area contributed by atoms with Gasteiger partial charge in [-0.15, -0.1) is 0 Å². The normalized spacial score (nSPS) is 22.1. The second-order valence-corrected chi connectivity index (χ2v) is 4.41. The van der Waals surface area contributed by atoms with E-state index in [1.54, 1.807) is 6.07 Å². The minimum absolute atomic E-state index is 0.120. The molecule has 2 unspecified atom stereocenters. The number of morpholine rings is 1. The fourth-order valence-corrected chi connectivity index (χ4v) is 2.18. The van der Waals surface area contributed by atoms with Gasteiger partial charge in [0, 0.05) is 6.54 Å². The summed E-state index contributed by atoms with van der Waals surface area (Å²) in [5.74, 6) is -1.21. The summed E-state index contributed by atoms with van der Waals surface area (Å²) in [5, 5.41) is 8.83. The Hall–Kier alpha value is -1.86. The molecule has 3 N–H and O–H groups in total. The average Bonchev–Trinajstić information content (AvgIpc) is 2.87. The number of hydrogen-bond acceptors (Lipinski definition) is 5. The standard InChI is InChI=1S/C12H16N2O5/c1-7(9-2-3-10(19-9)12(16)17)14-4-5-18-6-8(14)11(13)15/h2-3,7-8H,4-6H2,1H3,(H2,13,15)(H,16,17). The van der Waals surface area contributed by atoms with Gasteiger partial charge < -0.3 is 20.0 Å². The minimum Gasteiger partial charge on any atom is -0.475 e. The molecule has 0 saturated carbocycles. The van der Waals surface area contributed by atoms with Crippen LogP contribution in [0.1, 0.15) is 29.3 Å². The van der Waals surface area contributed by atoms with Gasteiger partial charge >= 0.3 is 5.97 Å². The van der Waals surface area contributed by atoms with Gasteiger partial charge in [-0.1, -0.05) is 0 Å². The number of carboxylic acid groups (broad SMARTS) is 1. The number of rotatable bonds is 4. The first-order valence-electron chi connectivity index (χ1n) is 5.96. The lowest BCUT2D eigenvalue weighted by Crippen LogP contribution is -2.53. The number of carboxylic acids is 1. The second kappa shape index (κ2) is 5.41. The van der Waals surface area contributed by atoms with Crippen LogP contribution in [-0.4, -0.2) is 47.7 Å². The van der Waals surface area contributed by atoms with E-state index in [1.165, 1.54) is 6.07 Å². The minimum atomic E-state index is -1.12. The van der Waals surface area contributed by atoms with Crippen LogP contribution in [0.2, 0.25) is 0 Å². The molecule has 7 heteroatoms. The maximum Gasteiger partial charge on any atom is 0.371 e. The van der Waals surface area contributed by atoms with Gasteiger partial charge in [0.05, 0.1) is 19.3 Å². The van der Waals surface area contributed by atoms with E-state index in [0.717, 1.165) is 0 Å². The molecule has 0 bridgehead atoms. The van der Waals surface area contributed by atoms with Gasteiger partial charge in [0.2, 0.25) is 11.7 Å². The van der Waals surface area contributed by atoms with Gasteiger partial charge in [-0.3, -0.25) is 9.69 Å². The highest BCUT2D eigenvalue weighted by Gasteiger charge is 2.33. The van der Waals surface area contributed by atoms with Crippen molar-refractivity contribution in [2.75, 3.05) is 19.8 Å². The molecule has 2 rings (SSSR count). The van der Waals surface area contributed by atoms with E-state index in [0.29, 0.717) is 18.9 Å². The molecule has 0 radical (unpaired) electrons. The van der Waals surface area contributed by atoms with Gasteiger partial charge in [-0.05, 0) is 19.1 Å². The van der Waals surface area contributed by atoms with Crippen molar-refractivity contribution in [3.8, 4) is 0 Å². The number of carbonyl (C=O) groups excluding carboxylic acids is 1. The summed E-state index contributed by atoms with van der Waals surface area (Å²) in [6.07, 6.45) is 0. The lowest BCUT2D eigenvalue weighted by Gasteiger charge is -2.36. The molecule has 104 valence electrons. The topological polar surface area (TPSA) is 106 Å². The lowest BCUT2D eigenvalue weighted by molar-refractivity contribution is -0.131. The largest absolute Gasteiger partial charge is 0.475 e. The van der Waals surface area contributed by atoms with Crippen LogP contribution in [0.5, 0.6) is 0 Å². The maximum atomic E-state index is 11.4. The van der Waals surface area contributed by atoms with Gasteiger partial charge in [0.25, 0.3) is 0 Å². The number of aromatic carboxylic acids is 1. The summed E-state index contributed by atoms with van der Waals surface area (Å²) in [4.78, 5) is 24.0. The van der Waals surface area contributed by atoms with E-state index >= 15 is 0 Å². The molecule has 1 aromatic rings. The lowest BCUT2D eigenvalue weighted by atomic mass is 10.1. The van der Waals surface area contributed by atoms with Crippen LogP contribution in [-0.2, 0) is 9.53 Å². The molecular weight excluding hydrogens is 252 g/mol. The Labute approximate surface area is 109 Å². The predicted octanol–water partition coefficient (Wildman–Crippen LogP) is 0.225. The third-order valence-corrected chi connectivity index (χ3v) is 3.25. The van der Waals surface area contributed by atoms with E-state index in [9.17, 15) is 9.59 Å². The van der Waals surface area contributed by atoms with E-state index in [4.69, 9.17) is 20.0 Å². The Balaban J connectivity index is 2.18. The number of furan rings is 1. The molecular formula is C12H16N2O5. The van der Waals surface area contributed by atoms with Crippen LogP contribution in [0, 0.1) is 0 Å².